The van der Waals surface area contributed by atoms with Gasteiger partial charge in [0, 0.05) is 43.8 Å². The molecular weight excluding hydrogens is 272 g/mol. The molecule has 1 aliphatic carbocycles. The predicted molar refractivity (Wildman–Crippen MR) is 79.9 cm³/mol. The lowest BCUT2D eigenvalue weighted by Crippen LogP contribution is -2.35. The van der Waals surface area contributed by atoms with E-state index >= 15 is 0 Å². The Bertz CT molecular complexity index is 534. The van der Waals surface area contributed by atoms with Crippen LogP contribution in [0.3, 0.4) is 0 Å². The monoisotopic (exact) mass is 292 g/mol. The summed E-state index contributed by atoms with van der Waals surface area (Å²) in [7, 11) is 1.96. The standard InChI is InChI=1S/C15H20N2O4/c1-3-21-15-10-12(6-9-14(15)17(19)20)16(2)11-4-7-13(18)8-5-11/h6,9-11H,3-5,7-8H2,1-2H3. The van der Waals surface area contributed by atoms with Crippen molar-refractivity contribution in [2.45, 2.75) is 38.6 Å². The van der Waals surface area contributed by atoms with Gasteiger partial charge in [-0.25, -0.2) is 0 Å². The highest BCUT2D eigenvalue weighted by molar-refractivity contribution is 5.79. The molecular formula is C15H20N2O4. The van der Waals surface area contributed by atoms with Crippen LogP contribution in [0.2, 0.25) is 0 Å². The highest BCUT2D eigenvalue weighted by Crippen LogP contribution is 2.33. The minimum Gasteiger partial charge on any atom is -0.487 e. The molecule has 2 rings (SSSR count). The fourth-order valence-corrected chi connectivity index (χ4v) is 2.67. The molecule has 1 saturated carbocycles. The molecule has 0 bridgehead atoms. The first-order chi connectivity index (χ1) is 10.0. The number of ketones is 1. The number of Topliss-reactive ketones (excluding diaryl/α,β-unsaturated/α-hetero) is 1. The van der Waals surface area contributed by atoms with E-state index in [4.69, 9.17) is 4.74 Å². The lowest BCUT2D eigenvalue weighted by Gasteiger charge is -2.32. The van der Waals surface area contributed by atoms with Gasteiger partial charge in [-0.2, -0.15) is 0 Å². The number of rotatable bonds is 5. The molecule has 0 aromatic heterocycles. The lowest BCUT2D eigenvalue weighted by atomic mass is 9.93. The van der Waals surface area contributed by atoms with E-state index in [0.29, 0.717) is 37.0 Å². The van der Waals surface area contributed by atoms with Crippen LogP contribution in [0, 0.1) is 10.1 Å². The molecule has 21 heavy (non-hydrogen) atoms. The quantitative estimate of drug-likeness (QED) is 0.616. The van der Waals surface area contributed by atoms with E-state index in [0.717, 1.165) is 18.5 Å². The van der Waals surface area contributed by atoms with Gasteiger partial charge in [0.2, 0.25) is 0 Å². The first kappa shape index (κ1) is 15.3. The third-order valence-corrected chi connectivity index (χ3v) is 3.91. The van der Waals surface area contributed by atoms with Crippen molar-refractivity contribution in [3.8, 4) is 5.75 Å². The number of carbonyl (C=O) groups excluding carboxylic acids is 1. The second-order valence-electron chi connectivity index (χ2n) is 5.22. The maximum atomic E-state index is 11.3. The van der Waals surface area contributed by atoms with Crippen molar-refractivity contribution in [2.75, 3.05) is 18.6 Å². The van der Waals surface area contributed by atoms with Crippen LogP contribution in [0.1, 0.15) is 32.6 Å². The number of nitro groups is 1. The van der Waals surface area contributed by atoms with Gasteiger partial charge in [0.1, 0.15) is 5.78 Å². The average Bonchev–Trinajstić information content (AvgIpc) is 2.47. The number of nitrogens with zero attached hydrogens (tertiary/aromatic N) is 2. The van der Waals surface area contributed by atoms with E-state index in [-0.39, 0.29) is 5.69 Å². The zero-order valence-electron chi connectivity index (χ0n) is 12.4. The molecule has 1 aromatic rings. The molecule has 6 heteroatoms. The predicted octanol–water partition coefficient (Wildman–Crippen LogP) is 2.94. The van der Waals surface area contributed by atoms with Gasteiger partial charge in [-0.15, -0.1) is 0 Å². The Morgan fingerprint density at radius 1 is 1.38 bits per heavy atom. The Kier molecular flexibility index (Phi) is 4.77. The number of ether oxygens (including phenoxy) is 1. The molecule has 0 saturated heterocycles. The summed E-state index contributed by atoms with van der Waals surface area (Å²) >= 11 is 0. The maximum Gasteiger partial charge on any atom is 0.311 e. The molecule has 0 atom stereocenters. The van der Waals surface area contributed by atoms with Gasteiger partial charge >= 0.3 is 5.69 Å². The third-order valence-electron chi connectivity index (χ3n) is 3.91. The van der Waals surface area contributed by atoms with Gasteiger partial charge in [-0.3, -0.25) is 14.9 Å². The molecule has 1 fully saturated rings. The Morgan fingerprint density at radius 2 is 2.05 bits per heavy atom. The zero-order valence-corrected chi connectivity index (χ0v) is 12.4. The van der Waals surface area contributed by atoms with Crippen molar-refractivity contribution >= 4 is 17.2 Å². The molecule has 1 aliphatic rings. The largest absolute Gasteiger partial charge is 0.487 e. The minimum absolute atomic E-state index is 0.0205. The highest BCUT2D eigenvalue weighted by atomic mass is 16.6. The number of hydrogen-bond donors (Lipinski definition) is 0. The van der Waals surface area contributed by atoms with Gasteiger partial charge in [0.15, 0.2) is 5.75 Å². The van der Waals surface area contributed by atoms with E-state index in [1.807, 2.05) is 7.05 Å². The smallest absolute Gasteiger partial charge is 0.311 e. The van der Waals surface area contributed by atoms with Crippen LogP contribution in [-0.2, 0) is 4.79 Å². The van der Waals surface area contributed by atoms with Gasteiger partial charge in [-0.1, -0.05) is 0 Å². The van der Waals surface area contributed by atoms with E-state index in [1.54, 1.807) is 19.1 Å². The fourth-order valence-electron chi connectivity index (χ4n) is 2.67. The maximum absolute atomic E-state index is 11.3. The van der Waals surface area contributed by atoms with Crippen molar-refractivity contribution in [1.82, 2.24) is 0 Å². The number of anilines is 1. The minimum atomic E-state index is -0.436. The van der Waals surface area contributed by atoms with Crippen LogP contribution < -0.4 is 9.64 Å². The molecule has 0 N–H and O–H groups in total. The number of hydrogen-bond acceptors (Lipinski definition) is 5. The summed E-state index contributed by atoms with van der Waals surface area (Å²) < 4.78 is 5.37. The van der Waals surface area contributed by atoms with Crippen LogP contribution in [0.5, 0.6) is 5.75 Å². The number of nitro benzene ring substituents is 1. The Balaban J connectivity index is 2.21. The SMILES string of the molecule is CCOc1cc(N(C)C2CCC(=O)CC2)ccc1[N+](=O)[O-]. The van der Waals surface area contributed by atoms with E-state index in [1.165, 1.54) is 6.07 Å². The van der Waals surface area contributed by atoms with Crippen LogP contribution in [0.25, 0.3) is 0 Å². The van der Waals surface area contributed by atoms with Crippen molar-refractivity contribution in [3.05, 3.63) is 28.3 Å². The average molecular weight is 292 g/mol. The van der Waals surface area contributed by atoms with Crippen molar-refractivity contribution in [3.63, 3.8) is 0 Å². The van der Waals surface area contributed by atoms with Gasteiger partial charge in [0.05, 0.1) is 11.5 Å². The van der Waals surface area contributed by atoms with Crippen molar-refractivity contribution < 1.29 is 14.5 Å². The number of carbonyl (C=O) groups is 1. The lowest BCUT2D eigenvalue weighted by molar-refractivity contribution is -0.385. The van der Waals surface area contributed by atoms with Crippen molar-refractivity contribution in [1.29, 1.82) is 0 Å². The second-order valence-corrected chi connectivity index (χ2v) is 5.22. The topological polar surface area (TPSA) is 72.7 Å². The van der Waals surface area contributed by atoms with E-state index in [9.17, 15) is 14.9 Å². The third kappa shape index (κ3) is 3.51. The highest BCUT2D eigenvalue weighted by Gasteiger charge is 2.24. The summed E-state index contributed by atoms with van der Waals surface area (Å²) in [4.78, 5) is 23.9. The molecule has 0 radical (unpaired) electrons. The zero-order chi connectivity index (χ0) is 15.4. The van der Waals surface area contributed by atoms with Gasteiger partial charge in [-0.05, 0) is 25.8 Å². The molecule has 1 aromatic carbocycles. The summed E-state index contributed by atoms with van der Waals surface area (Å²) in [5.74, 6) is 0.608. The van der Waals surface area contributed by atoms with Crippen LogP contribution in [0.15, 0.2) is 18.2 Å². The molecule has 0 amide bonds. The van der Waals surface area contributed by atoms with Crippen LogP contribution >= 0.6 is 0 Å². The molecule has 0 unspecified atom stereocenters. The Hall–Kier alpha value is -2.11. The molecule has 0 spiro atoms. The van der Waals surface area contributed by atoms with Crippen molar-refractivity contribution in [2.24, 2.45) is 0 Å². The van der Waals surface area contributed by atoms with E-state index in [2.05, 4.69) is 4.90 Å². The first-order valence-electron chi connectivity index (χ1n) is 7.18. The molecule has 0 aliphatic heterocycles. The summed E-state index contributed by atoms with van der Waals surface area (Å²) in [6.45, 7) is 2.18. The first-order valence-corrected chi connectivity index (χ1v) is 7.18. The second kappa shape index (κ2) is 6.56. The van der Waals surface area contributed by atoms with Crippen LogP contribution in [-0.4, -0.2) is 30.4 Å². The summed E-state index contributed by atoms with van der Waals surface area (Å²) in [5.41, 5.74) is 0.858. The summed E-state index contributed by atoms with van der Waals surface area (Å²) in [5, 5.41) is 11.0. The normalized spacial score (nSPS) is 15.8. The number of benzene rings is 1. The Morgan fingerprint density at radius 3 is 2.62 bits per heavy atom. The fraction of sp³-hybridized carbons (Fsp3) is 0.533. The Labute approximate surface area is 123 Å². The summed E-state index contributed by atoms with van der Waals surface area (Å²) in [6.07, 6.45) is 2.88. The van der Waals surface area contributed by atoms with Crippen LogP contribution in [0.4, 0.5) is 11.4 Å². The molecule has 6 nitrogen and oxygen atoms in total. The van der Waals surface area contributed by atoms with Gasteiger partial charge in [0.25, 0.3) is 0 Å². The molecule has 114 valence electrons. The van der Waals surface area contributed by atoms with E-state index < -0.39 is 4.92 Å². The van der Waals surface area contributed by atoms with Gasteiger partial charge < -0.3 is 9.64 Å². The summed E-state index contributed by atoms with van der Waals surface area (Å²) in [6, 6.07) is 5.21. The molecule has 0 heterocycles.